The van der Waals surface area contributed by atoms with Crippen molar-refractivity contribution in [2.75, 3.05) is 13.1 Å². The number of hydrogen-bond acceptors (Lipinski definition) is 2. The summed E-state index contributed by atoms with van der Waals surface area (Å²) in [7, 11) is 0. The van der Waals surface area contributed by atoms with E-state index >= 15 is 0 Å². The SMILES string of the molecule is CC1(CNCc2ccc(CCN)cc2)CCCC1. The van der Waals surface area contributed by atoms with Crippen molar-refractivity contribution in [2.24, 2.45) is 11.1 Å². The molecule has 1 saturated carbocycles. The molecule has 0 saturated heterocycles. The third kappa shape index (κ3) is 3.82. The first-order valence-electron chi connectivity index (χ1n) is 7.20. The van der Waals surface area contributed by atoms with Crippen LogP contribution in [0.25, 0.3) is 0 Å². The highest BCUT2D eigenvalue weighted by Crippen LogP contribution is 2.36. The van der Waals surface area contributed by atoms with Gasteiger partial charge in [-0.1, -0.05) is 44.0 Å². The van der Waals surface area contributed by atoms with Crippen molar-refractivity contribution in [3.05, 3.63) is 35.4 Å². The average Bonchev–Trinajstić information content (AvgIpc) is 2.79. The van der Waals surface area contributed by atoms with Crippen molar-refractivity contribution in [3.63, 3.8) is 0 Å². The van der Waals surface area contributed by atoms with E-state index in [9.17, 15) is 0 Å². The lowest BCUT2D eigenvalue weighted by atomic mass is 9.89. The Morgan fingerprint density at radius 1 is 1.11 bits per heavy atom. The Balaban J connectivity index is 1.76. The van der Waals surface area contributed by atoms with E-state index in [1.807, 2.05) is 0 Å². The summed E-state index contributed by atoms with van der Waals surface area (Å²) < 4.78 is 0. The topological polar surface area (TPSA) is 38.0 Å². The van der Waals surface area contributed by atoms with E-state index < -0.39 is 0 Å². The maximum Gasteiger partial charge on any atom is 0.0205 e. The molecule has 100 valence electrons. The number of nitrogens with one attached hydrogen (secondary N) is 1. The molecule has 0 aromatic heterocycles. The molecule has 1 aromatic carbocycles. The van der Waals surface area contributed by atoms with Gasteiger partial charge in [0.2, 0.25) is 0 Å². The van der Waals surface area contributed by atoms with Gasteiger partial charge in [-0.2, -0.15) is 0 Å². The average molecular weight is 246 g/mol. The van der Waals surface area contributed by atoms with Crippen LogP contribution < -0.4 is 11.1 Å². The van der Waals surface area contributed by atoms with Gasteiger partial charge in [0.05, 0.1) is 0 Å². The summed E-state index contributed by atoms with van der Waals surface area (Å²) >= 11 is 0. The highest BCUT2D eigenvalue weighted by molar-refractivity contribution is 5.22. The van der Waals surface area contributed by atoms with Crippen LogP contribution in [0.5, 0.6) is 0 Å². The van der Waals surface area contributed by atoms with Gasteiger partial charge in [-0.3, -0.25) is 0 Å². The minimum absolute atomic E-state index is 0.541. The monoisotopic (exact) mass is 246 g/mol. The van der Waals surface area contributed by atoms with Crippen LogP contribution in [0, 0.1) is 5.41 Å². The zero-order valence-electron chi connectivity index (χ0n) is 11.5. The number of rotatable bonds is 6. The molecule has 0 unspecified atom stereocenters. The van der Waals surface area contributed by atoms with E-state index in [0.717, 1.165) is 26.1 Å². The zero-order valence-corrected chi connectivity index (χ0v) is 11.5. The molecular formula is C16H26N2. The Bertz CT molecular complexity index is 350. The molecule has 0 atom stereocenters. The van der Waals surface area contributed by atoms with Crippen LogP contribution >= 0.6 is 0 Å². The Kier molecular flexibility index (Phi) is 4.79. The van der Waals surface area contributed by atoms with Crippen LogP contribution in [-0.4, -0.2) is 13.1 Å². The smallest absolute Gasteiger partial charge is 0.0205 e. The third-order valence-corrected chi connectivity index (χ3v) is 4.15. The first-order chi connectivity index (χ1) is 8.72. The number of nitrogens with two attached hydrogens (primary N) is 1. The largest absolute Gasteiger partial charge is 0.330 e. The third-order valence-electron chi connectivity index (χ3n) is 4.15. The van der Waals surface area contributed by atoms with Crippen molar-refractivity contribution in [2.45, 2.75) is 45.6 Å². The van der Waals surface area contributed by atoms with Gasteiger partial charge in [0, 0.05) is 13.1 Å². The maximum absolute atomic E-state index is 5.55. The van der Waals surface area contributed by atoms with E-state index in [4.69, 9.17) is 5.73 Å². The van der Waals surface area contributed by atoms with Gasteiger partial charge in [-0.05, 0) is 42.3 Å². The van der Waals surface area contributed by atoms with Crippen LogP contribution in [0.1, 0.15) is 43.7 Å². The molecule has 2 heteroatoms. The van der Waals surface area contributed by atoms with Crippen LogP contribution in [0.2, 0.25) is 0 Å². The van der Waals surface area contributed by atoms with Crippen molar-refractivity contribution in [1.82, 2.24) is 5.32 Å². The fourth-order valence-electron chi connectivity index (χ4n) is 2.90. The predicted octanol–water partition coefficient (Wildman–Crippen LogP) is 2.86. The van der Waals surface area contributed by atoms with Gasteiger partial charge in [-0.15, -0.1) is 0 Å². The lowest BCUT2D eigenvalue weighted by Crippen LogP contribution is -2.29. The van der Waals surface area contributed by atoms with Gasteiger partial charge in [-0.25, -0.2) is 0 Å². The second-order valence-electron chi connectivity index (χ2n) is 5.98. The fourth-order valence-corrected chi connectivity index (χ4v) is 2.90. The zero-order chi connectivity index (χ0) is 12.8. The molecule has 0 amide bonds. The van der Waals surface area contributed by atoms with Gasteiger partial charge < -0.3 is 11.1 Å². The summed E-state index contributed by atoms with van der Waals surface area (Å²) in [5, 5.41) is 3.61. The first-order valence-corrected chi connectivity index (χ1v) is 7.20. The molecule has 2 nitrogen and oxygen atoms in total. The second kappa shape index (κ2) is 6.35. The quantitative estimate of drug-likeness (QED) is 0.810. The van der Waals surface area contributed by atoms with Gasteiger partial charge >= 0.3 is 0 Å². The lowest BCUT2D eigenvalue weighted by molar-refractivity contribution is 0.314. The van der Waals surface area contributed by atoms with Crippen molar-refractivity contribution >= 4 is 0 Å². The van der Waals surface area contributed by atoms with Gasteiger partial charge in [0.15, 0.2) is 0 Å². The molecule has 0 spiro atoms. The highest BCUT2D eigenvalue weighted by Gasteiger charge is 2.27. The van der Waals surface area contributed by atoms with Gasteiger partial charge in [0.1, 0.15) is 0 Å². The molecule has 0 aliphatic heterocycles. The highest BCUT2D eigenvalue weighted by atomic mass is 14.9. The van der Waals surface area contributed by atoms with E-state index in [0.29, 0.717) is 5.41 Å². The Hall–Kier alpha value is -0.860. The Morgan fingerprint density at radius 2 is 1.72 bits per heavy atom. The summed E-state index contributed by atoms with van der Waals surface area (Å²) in [5.41, 5.74) is 8.80. The van der Waals surface area contributed by atoms with Crippen molar-refractivity contribution in [1.29, 1.82) is 0 Å². The van der Waals surface area contributed by atoms with Crippen LogP contribution in [0.4, 0.5) is 0 Å². The Labute approximate surface area is 111 Å². The molecule has 18 heavy (non-hydrogen) atoms. The van der Waals surface area contributed by atoms with Crippen molar-refractivity contribution in [3.8, 4) is 0 Å². The molecule has 1 aromatic rings. The van der Waals surface area contributed by atoms with Crippen LogP contribution in [0.3, 0.4) is 0 Å². The van der Waals surface area contributed by atoms with E-state index in [-0.39, 0.29) is 0 Å². The van der Waals surface area contributed by atoms with Gasteiger partial charge in [0.25, 0.3) is 0 Å². The first kappa shape index (κ1) is 13.6. The number of hydrogen-bond donors (Lipinski definition) is 2. The van der Waals surface area contributed by atoms with E-state index in [1.165, 1.54) is 36.8 Å². The second-order valence-corrected chi connectivity index (χ2v) is 5.98. The van der Waals surface area contributed by atoms with Crippen molar-refractivity contribution < 1.29 is 0 Å². The molecule has 0 radical (unpaired) electrons. The molecule has 0 heterocycles. The fraction of sp³-hybridized carbons (Fsp3) is 0.625. The minimum Gasteiger partial charge on any atom is -0.330 e. The molecule has 3 N–H and O–H groups in total. The number of benzene rings is 1. The standard InChI is InChI=1S/C16H26N2/c1-16(9-2-3-10-16)13-18-12-15-6-4-14(5-7-15)8-11-17/h4-7,18H,2-3,8-13,17H2,1H3. The lowest BCUT2D eigenvalue weighted by Gasteiger charge is -2.23. The molecule has 1 fully saturated rings. The summed E-state index contributed by atoms with van der Waals surface area (Å²) in [6, 6.07) is 8.83. The summed E-state index contributed by atoms with van der Waals surface area (Å²) in [5.74, 6) is 0. The van der Waals surface area contributed by atoms with E-state index in [1.54, 1.807) is 0 Å². The summed E-state index contributed by atoms with van der Waals surface area (Å²) in [6.45, 7) is 5.28. The molecule has 1 aliphatic carbocycles. The predicted molar refractivity (Wildman–Crippen MR) is 77.5 cm³/mol. The molecular weight excluding hydrogens is 220 g/mol. The summed E-state index contributed by atoms with van der Waals surface area (Å²) in [6.07, 6.45) is 6.56. The normalized spacial score (nSPS) is 18.1. The summed E-state index contributed by atoms with van der Waals surface area (Å²) in [4.78, 5) is 0. The minimum atomic E-state index is 0.541. The van der Waals surface area contributed by atoms with Crippen LogP contribution in [0.15, 0.2) is 24.3 Å². The maximum atomic E-state index is 5.55. The van der Waals surface area contributed by atoms with E-state index in [2.05, 4.69) is 36.5 Å². The molecule has 1 aliphatic rings. The molecule has 0 bridgehead atoms. The van der Waals surface area contributed by atoms with Crippen LogP contribution in [-0.2, 0) is 13.0 Å². The Morgan fingerprint density at radius 3 is 2.33 bits per heavy atom. The molecule has 2 rings (SSSR count).